The van der Waals surface area contributed by atoms with Crippen molar-refractivity contribution in [2.24, 2.45) is 0 Å². The van der Waals surface area contributed by atoms with Crippen LogP contribution in [0.4, 0.5) is 0 Å². The van der Waals surface area contributed by atoms with E-state index in [2.05, 4.69) is 4.62 Å². The molecule has 0 bridgehead atoms. The van der Waals surface area contributed by atoms with Gasteiger partial charge in [0.25, 0.3) is 5.91 Å². The van der Waals surface area contributed by atoms with Crippen LogP contribution < -0.4 is 5.48 Å². The lowest BCUT2D eigenvalue weighted by atomic mass is 10.2. The van der Waals surface area contributed by atoms with Crippen molar-refractivity contribution in [3.8, 4) is 0 Å². The summed E-state index contributed by atoms with van der Waals surface area (Å²) in [5.41, 5.74) is 3.19. The SMILES string of the molecule is O=C(NOP(=O)(O)OCCc1ccccc1)c1ccccc1. The summed E-state index contributed by atoms with van der Waals surface area (Å²) in [6, 6.07) is 17.6. The zero-order valence-electron chi connectivity index (χ0n) is 11.7. The van der Waals surface area contributed by atoms with Crippen molar-refractivity contribution >= 4 is 13.7 Å². The highest BCUT2D eigenvalue weighted by Gasteiger charge is 2.23. The van der Waals surface area contributed by atoms with Gasteiger partial charge in [-0.2, -0.15) is 4.62 Å². The van der Waals surface area contributed by atoms with Gasteiger partial charge in [0.2, 0.25) is 0 Å². The summed E-state index contributed by atoms with van der Waals surface area (Å²) in [7, 11) is -4.34. The van der Waals surface area contributed by atoms with Crippen molar-refractivity contribution in [1.29, 1.82) is 0 Å². The van der Waals surface area contributed by atoms with Gasteiger partial charge in [0.05, 0.1) is 6.61 Å². The van der Waals surface area contributed by atoms with Crippen LogP contribution >= 0.6 is 7.82 Å². The summed E-state index contributed by atoms with van der Waals surface area (Å²) in [6.07, 6.45) is 0.460. The van der Waals surface area contributed by atoms with Crippen molar-refractivity contribution in [1.82, 2.24) is 5.48 Å². The van der Waals surface area contributed by atoms with Crippen LogP contribution in [-0.2, 0) is 20.1 Å². The first-order valence-corrected chi connectivity index (χ1v) is 8.12. The summed E-state index contributed by atoms with van der Waals surface area (Å²) in [6.45, 7) is -0.000993. The van der Waals surface area contributed by atoms with Gasteiger partial charge in [0, 0.05) is 5.56 Å². The number of carbonyl (C=O) groups excluding carboxylic acids is 1. The van der Waals surface area contributed by atoms with Crippen LogP contribution in [-0.4, -0.2) is 17.4 Å². The highest BCUT2D eigenvalue weighted by Crippen LogP contribution is 2.41. The third-order valence-electron chi connectivity index (χ3n) is 2.78. The molecular formula is C15H16NO5P. The molecule has 0 radical (unpaired) electrons. The average Bonchev–Trinajstić information content (AvgIpc) is 2.54. The third-order valence-corrected chi connectivity index (χ3v) is 3.61. The minimum Gasteiger partial charge on any atom is -0.301 e. The molecule has 0 aliphatic carbocycles. The van der Waals surface area contributed by atoms with Crippen LogP contribution in [0.2, 0.25) is 0 Å². The Hall–Kier alpha value is -1.98. The Morgan fingerprint density at radius 1 is 1.05 bits per heavy atom. The fourth-order valence-electron chi connectivity index (χ4n) is 1.70. The lowest BCUT2D eigenvalue weighted by Gasteiger charge is -2.12. The molecule has 0 fully saturated rings. The predicted molar refractivity (Wildman–Crippen MR) is 80.9 cm³/mol. The number of carbonyl (C=O) groups is 1. The summed E-state index contributed by atoms with van der Waals surface area (Å²) >= 11 is 0. The molecule has 0 aliphatic rings. The fourth-order valence-corrected chi connectivity index (χ4v) is 2.27. The molecule has 1 unspecified atom stereocenters. The second-order valence-corrected chi connectivity index (χ2v) is 5.80. The molecule has 1 amide bonds. The Labute approximate surface area is 128 Å². The van der Waals surface area contributed by atoms with E-state index in [1.54, 1.807) is 30.3 Å². The normalized spacial score (nSPS) is 13.3. The monoisotopic (exact) mass is 321 g/mol. The van der Waals surface area contributed by atoms with Crippen LogP contribution in [0, 0.1) is 0 Å². The van der Waals surface area contributed by atoms with E-state index in [1.807, 2.05) is 35.8 Å². The molecule has 7 heteroatoms. The van der Waals surface area contributed by atoms with Gasteiger partial charge >= 0.3 is 7.82 Å². The van der Waals surface area contributed by atoms with Gasteiger partial charge in [0.1, 0.15) is 0 Å². The Morgan fingerprint density at radius 2 is 1.64 bits per heavy atom. The van der Waals surface area contributed by atoms with Crippen LogP contribution in [0.15, 0.2) is 60.7 Å². The van der Waals surface area contributed by atoms with E-state index in [4.69, 9.17) is 4.52 Å². The van der Waals surface area contributed by atoms with E-state index in [0.717, 1.165) is 5.56 Å². The van der Waals surface area contributed by atoms with Crippen LogP contribution in [0.25, 0.3) is 0 Å². The Balaban J connectivity index is 1.76. The third kappa shape index (κ3) is 5.42. The number of hydrogen-bond donors (Lipinski definition) is 2. The van der Waals surface area contributed by atoms with E-state index in [0.29, 0.717) is 12.0 Å². The largest absolute Gasteiger partial charge is 0.493 e. The maximum Gasteiger partial charge on any atom is 0.493 e. The van der Waals surface area contributed by atoms with Crippen LogP contribution in [0.5, 0.6) is 0 Å². The lowest BCUT2D eigenvalue weighted by molar-refractivity contribution is 0.0607. The number of benzene rings is 2. The molecule has 0 saturated heterocycles. The topological polar surface area (TPSA) is 84.9 Å². The summed E-state index contributed by atoms with van der Waals surface area (Å²) < 4.78 is 20.9. The Morgan fingerprint density at radius 3 is 2.27 bits per heavy atom. The highest BCUT2D eigenvalue weighted by molar-refractivity contribution is 7.47. The summed E-state index contributed by atoms with van der Waals surface area (Å²) in [5, 5.41) is 0. The number of phosphoric ester groups is 1. The van der Waals surface area contributed by atoms with Crippen LogP contribution in [0.3, 0.4) is 0 Å². The minimum absolute atomic E-state index is 0.000993. The first-order valence-electron chi connectivity index (χ1n) is 6.62. The zero-order chi connectivity index (χ0) is 15.8. The Kier molecular flexibility index (Phi) is 5.86. The van der Waals surface area contributed by atoms with Crippen molar-refractivity contribution in [2.45, 2.75) is 6.42 Å². The molecule has 1 atom stereocenters. The molecule has 2 aromatic rings. The lowest BCUT2D eigenvalue weighted by Crippen LogP contribution is -2.23. The molecular weight excluding hydrogens is 305 g/mol. The molecule has 0 heterocycles. The predicted octanol–water partition coefficient (Wildman–Crippen LogP) is 2.71. The van der Waals surface area contributed by atoms with Crippen molar-refractivity contribution in [3.63, 3.8) is 0 Å². The van der Waals surface area contributed by atoms with Gasteiger partial charge in [-0.05, 0) is 24.1 Å². The Bertz CT molecular complexity index is 647. The zero-order valence-corrected chi connectivity index (χ0v) is 12.6. The van der Waals surface area contributed by atoms with E-state index in [-0.39, 0.29) is 6.61 Å². The number of amides is 1. The van der Waals surface area contributed by atoms with E-state index < -0.39 is 13.7 Å². The number of nitrogens with one attached hydrogen (secondary N) is 1. The number of hydroxylamine groups is 1. The maximum atomic E-state index is 11.7. The fraction of sp³-hybridized carbons (Fsp3) is 0.133. The van der Waals surface area contributed by atoms with E-state index in [9.17, 15) is 14.3 Å². The number of hydrogen-bond acceptors (Lipinski definition) is 4. The smallest absolute Gasteiger partial charge is 0.301 e. The van der Waals surface area contributed by atoms with Gasteiger partial charge in [-0.1, -0.05) is 48.5 Å². The van der Waals surface area contributed by atoms with Crippen molar-refractivity contribution in [2.75, 3.05) is 6.61 Å². The average molecular weight is 321 g/mol. The second-order valence-electron chi connectivity index (χ2n) is 4.43. The molecule has 116 valence electrons. The molecule has 2 aromatic carbocycles. The molecule has 2 rings (SSSR count). The van der Waals surface area contributed by atoms with Crippen molar-refractivity contribution in [3.05, 3.63) is 71.8 Å². The van der Waals surface area contributed by atoms with Gasteiger partial charge < -0.3 is 4.89 Å². The second kappa shape index (κ2) is 7.87. The summed E-state index contributed by atoms with van der Waals surface area (Å²) in [5.74, 6) is -0.624. The van der Waals surface area contributed by atoms with E-state index >= 15 is 0 Å². The van der Waals surface area contributed by atoms with Gasteiger partial charge in [-0.15, -0.1) is 0 Å². The molecule has 6 nitrogen and oxygen atoms in total. The molecule has 0 saturated carbocycles. The van der Waals surface area contributed by atoms with Crippen LogP contribution in [0.1, 0.15) is 15.9 Å². The number of rotatable bonds is 7. The van der Waals surface area contributed by atoms with Crippen molar-refractivity contribution < 1.29 is 23.4 Å². The molecule has 0 aliphatic heterocycles. The molecule has 22 heavy (non-hydrogen) atoms. The first-order chi connectivity index (χ1) is 10.6. The van der Waals surface area contributed by atoms with Gasteiger partial charge in [0.15, 0.2) is 0 Å². The summed E-state index contributed by atoms with van der Waals surface area (Å²) in [4.78, 5) is 21.1. The molecule has 0 aromatic heterocycles. The standard InChI is InChI=1S/C15H16NO5P/c17-15(14-9-5-2-6-10-14)16-21-22(18,19)20-12-11-13-7-3-1-4-8-13/h1-10H,11-12H2,(H,16,17)(H,18,19). The quantitative estimate of drug-likeness (QED) is 0.605. The maximum absolute atomic E-state index is 11.7. The first kappa shape index (κ1) is 16.4. The van der Waals surface area contributed by atoms with Gasteiger partial charge in [-0.25, -0.2) is 10.0 Å². The molecule has 0 spiro atoms. The minimum atomic E-state index is -4.34. The number of phosphoric acid groups is 1. The van der Waals surface area contributed by atoms with Gasteiger partial charge in [-0.3, -0.25) is 9.32 Å². The highest BCUT2D eigenvalue weighted by atomic mass is 31.2. The molecule has 2 N–H and O–H groups in total. The van der Waals surface area contributed by atoms with E-state index in [1.165, 1.54) is 0 Å².